The maximum Gasteiger partial charge on any atom is 0.259 e. The van der Waals surface area contributed by atoms with E-state index in [2.05, 4.69) is 20.4 Å². The van der Waals surface area contributed by atoms with Crippen molar-refractivity contribution in [1.82, 2.24) is 20.4 Å². The van der Waals surface area contributed by atoms with Crippen LogP contribution in [-0.2, 0) is 11.3 Å². The molecule has 9 nitrogen and oxygen atoms in total. The van der Waals surface area contributed by atoms with Gasteiger partial charge in [-0.2, -0.15) is 0 Å². The number of furan rings is 1. The lowest BCUT2D eigenvalue weighted by Gasteiger charge is -2.11. The third kappa shape index (κ3) is 4.33. The molecule has 0 spiro atoms. The van der Waals surface area contributed by atoms with E-state index in [1.807, 2.05) is 26.0 Å². The average molecular weight is 436 g/mol. The number of aromatic nitrogens is 3. The lowest BCUT2D eigenvalue weighted by Crippen LogP contribution is -2.24. The maximum absolute atomic E-state index is 13.2. The molecule has 166 valence electrons. The van der Waals surface area contributed by atoms with E-state index in [9.17, 15) is 4.79 Å². The SMILES string of the molecule is COCCOc1ncccc1CNC(=O)c1cc(-c2cc(C)oc2C)nc2onc(C)c12. The third-order valence-electron chi connectivity index (χ3n) is 4.99. The van der Waals surface area contributed by atoms with Crippen molar-refractivity contribution in [1.29, 1.82) is 0 Å². The fourth-order valence-corrected chi connectivity index (χ4v) is 3.48. The Hall–Kier alpha value is -3.72. The minimum Gasteiger partial charge on any atom is -0.475 e. The van der Waals surface area contributed by atoms with E-state index in [4.69, 9.17) is 18.4 Å². The number of amides is 1. The van der Waals surface area contributed by atoms with Crippen molar-refractivity contribution in [3.05, 3.63) is 58.8 Å². The van der Waals surface area contributed by atoms with Crippen LogP contribution in [0.2, 0.25) is 0 Å². The normalized spacial score (nSPS) is 11.1. The summed E-state index contributed by atoms with van der Waals surface area (Å²) in [6.07, 6.45) is 1.64. The first kappa shape index (κ1) is 21.5. The topological polar surface area (TPSA) is 113 Å². The number of ether oxygens (including phenoxy) is 2. The van der Waals surface area contributed by atoms with Gasteiger partial charge in [-0.15, -0.1) is 0 Å². The van der Waals surface area contributed by atoms with E-state index < -0.39 is 0 Å². The third-order valence-corrected chi connectivity index (χ3v) is 4.99. The van der Waals surface area contributed by atoms with E-state index in [0.717, 1.165) is 16.9 Å². The van der Waals surface area contributed by atoms with Crippen molar-refractivity contribution < 1.29 is 23.2 Å². The molecule has 4 heterocycles. The molecule has 0 bridgehead atoms. The van der Waals surface area contributed by atoms with E-state index in [-0.39, 0.29) is 12.5 Å². The molecule has 0 saturated heterocycles. The van der Waals surface area contributed by atoms with Gasteiger partial charge in [-0.05, 0) is 39.0 Å². The molecule has 0 aromatic carbocycles. The predicted octanol–water partition coefficient (Wildman–Crippen LogP) is 3.76. The van der Waals surface area contributed by atoms with Crippen LogP contribution in [0.3, 0.4) is 0 Å². The smallest absolute Gasteiger partial charge is 0.259 e. The number of fused-ring (bicyclic) bond motifs is 1. The van der Waals surface area contributed by atoms with Crippen LogP contribution < -0.4 is 10.1 Å². The summed E-state index contributed by atoms with van der Waals surface area (Å²) in [5.41, 5.74) is 3.45. The van der Waals surface area contributed by atoms with Gasteiger partial charge in [0.25, 0.3) is 11.6 Å². The van der Waals surface area contributed by atoms with E-state index in [0.29, 0.717) is 52.9 Å². The van der Waals surface area contributed by atoms with Gasteiger partial charge in [-0.3, -0.25) is 4.79 Å². The summed E-state index contributed by atoms with van der Waals surface area (Å²) in [4.78, 5) is 22.0. The molecule has 0 aliphatic rings. The zero-order chi connectivity index (χ0) is 22.7. The van der Waals surface area contributed by atoms with E-state index in [1.54, 1.807) is 32.4 Å². The standard InChI is InChI=1S/C23H24N4O5/c1-13-10-17(15(3)31-13)19-11-18(20-14(2)27-32-23(20)26-19)21(28)25-12-16-6-5-7-24-22(16)30-9-8-29-4/h5-7,10-11H,8-9,12H2,1-4H3,(H,25,28). The summed E-state index contributed by atoms with van der Waals surface area (Å²) in [6.45, 7) is 6.54. The molecular formula is C23H24N4O5. The highest BCUT2D eigenvalue weighted by atomic mass is 16.5. The summed E-state index contributed by atoms with van der Waals surface area (Å²) < 4.78 is 21.7. The lowest BCUT2D eigenvalue weighted by molar-refractivity contribution is 0.0951. The monoisotopic (exact) mass is 436 g/mol. The van der Waals surface area contributed by atoms with Gasteiger partial charge in [0.15, 0.2) is 0 Å². The summed E-state index contributed by atoms with van der Waals surface area (Å²) >= 11 is 0. The van der Waals surface area contributed by atoms with Crippen molar-refractivity contribution >= 4 is 17.0 Å². The number of carbonyl (C=O) groups excluding carboxylic acids is 1. The second-order valence-electron chi connectivity index (χ2n) is 7.32. The van der Waals surface area contributed by atoms with E-state index in [1.165, 1.54) is 0 Å². The zero-order valence-electron chi connectivity index (χ0n) is 18.4. The number of nitrogens with one attached hydrogen (secondary N) is 1. The van der Waals surface area contributed by atoms with Gasteiger partial charge >= 0.3 is 0 Å². The molecule has 0 radical (unpaired) electrons. The highest BCUT2D eigenvalue weighted by Gasteiger charge is 2.21. The molecule has 1 amide bonds. The molecule has 0 atom stereocenters. The van der Waals surface area contributed by atoms with Gasteiger partial charge in [0.1, 0.15) is 18.1 Å². The summed E-state index contributed by atoms with van der Waals surface area (Å²) in [5.74, 6) is 1.65. The quantitative estimate of drug-likeness (QED) is 0.416. The van der Waals surface area contributed by atoms with Crippen molar-refractivity contribution in [2.45, 2.75) is 27.3 Å². The highest BCUT2D eigenvalue weighted by Crippen LogP contribution is 2.30. The number of hydrogen-bond acceptors (Lipinski definition) is 8. The van der Waals surface area contributed by atoms with Gasteiger partial charge in [-0.25, -0.2) is 9.97 Å². The minimum absolute atomic E-state index is 0.238. The number of rotatable bonds is 8. The van der Waals surface area contributed by atoms with Gasteiger partial charge < -0.3 is 23.7 Å². The van der Waals surface area contributed by atoms with E-state index >= 15 is 0 Å². The Labute approximate surface area is 184 Å². The van der Waals surface area contributed by atoms with Gasteiger partial charge in [0.2, 0.25) is 5.88 Å². The summed E-state index contributed by atoms with van der Waals surface area (Å²) in [7, 11) is 1.60. The fourth-order valence-electron chi connectivity index (χ4n) is 3.48. The van der Waals surface area contributed by atoms with Gasteiger partial charge in [0, 0.05) is 31.0 Å². The highest BCUT2D eigenvalue weighted by molar-refractivity contribution is 6.07. The summed E-state index contributed by atoms with van der Waals surface area (Å²) in [6, 6.07) is 7.26. The van der Waals surface area contributed by atoms with Gasteiger partial charge in [0.05, 0.1) is 28.9 Å². The largest absolute Gasteiger partial charge is 0.475 e. The number of methoxy groups -OCH3 is 1. The van der Waals surface area contributed by atoms with Crippen LogP contribution in [-0.4, -0.2) is 41.4 Å². The molecule has 4 rings (SSSR count). The van der Waals surface area contributed by atoms with Crippen LogP contribution in [0.1, 0.15) is 33.1 Å². The number of aryl methyl sites for hydroxylation is 3. The first-order valence-electron chi connectivity index (χ1n) is 10.2. The number of carbonyl (C=O) groups is 1. The Morgan fingerprint density at radius 2 is 2.03 bits per heavy atom. The van der Waals surface area contributed by atoms with Gasteiger partial charge in [-0.1, -0.05) is 11.2 Å². The predicted molar refractivity (Wildman–Crippen MR) is 116 cm³/mol. The Balaban J connectivity index is 1.63. The van der Waals surface area contributed by atoms with Crippen LogP contribution in [0.5, 0.6) is 5.88 Å². The molecule has 0 unspecified atom stereocenters. The minimum atomic E-state index is -0.283. The second kappa shape index (κ2) is 9.19. The van der Waals surface area contributed by atoms with Crippen LogP contribution >= 0.6 is 0 Å². The molecule has 4 aromatic heterocycles. The van der Waals surface area contributed by atoms with Crippen LogP contribution in [0.15, 0.2) is 39.4 Å². The van der Waals surface area contributed by atoms with Crippen LogP contribution in [0.4, 0.5) is 0 Å². The molecule has 32 heavy (non-hydrogen) atoms. The van der Waals surface area contributed by atoms with Crippen LogP contribution in [0.25, 0.3) is 22.4 Å². The lowest BCUT2D eigenvalue weighted by atomic mass is 10.1. The molecule has 0 fully saturated rings. The van der Waals surface area contributed by atoms with Crippen molar-refractivity contribution in [2.24, 2.45) is 0 Å². The molecule has 4 aromatic rings. The Morgan fingerprint density at radius 1 is 1.19 bits per heavy atom. The number of pyridine rings is 2. The maximum atomic E-state index is 13.2. The first-order chi connectivity index (χ1) is 15.5. The summed E-state index contributed by atoms with van der Waals surface area (Å²) in [5, 5.41) is 7.51. The average Bonchev–Trinajstić information content (AvgIpc) is 3.33. The zero-order valence-corrected chi connectivity index (χ0v) is 18.4. The molecular weight excluding hydrogens is 412 g/mol. The number of nitrogens with zero attached hydrogens (tertiary/aromatic N) is 3. The molecule has 0 aliphatic heterocycles. The second-order valence-corrected chi connectivity index (χ2v) is 7.32. The molecule has 0 saturated carbocycles. The number of hydrogen-bond donors (Lipinski definition) is 1. The molecule has 1 N–H and O–H groups in total. The van der Waals surface area contributed by atoms with Crippen molar-refractivity contribution in [2.75, 3.05) is 20.3 Å². The van der Waals surface area contributed by atoms with Crippen LogP contribution in [0, 0.1) is 20.8 Å². The fraction of sp³-hybridized carbons (Fsp3) is 0.304. The Morgan fingerprint density at radius 3 is 2.78 bits per heavy atom. The molecule has 9 heteroatoms. The first-order valence-corrected chi connectivity index (χ1v) is 10.2. The molecule has 0 aliphatic carbocycles. The van der Waals surface area contributed by atoms with Crippen molar-refractivity contribution in [3.63, 3.8) is 0 Å². The Bertz CT molecular complexity index is 1260. The Kier molecular flexibility index (Phi) is 6.18. The van der Waals surface area contributed by atoms with Crippen molar-refractivity contribution in [3.8, 4) is 17.1 Å².